The molecule has 0 aliphatic rings. The molecule has 4 heteroatoms. The van der Waals surface area contributed by atoms with Gasteiger partial charge in [0, 0.05) is 24.6 Å². The van der Waals surface area contributed by atoms with Gasteiger partial charge in [0.15, 0.2) is 0 Å². The van der Waals surface area contributed by atoms with E-state index in [0.29, 0.717) is 6.54 Å². The first-order valence-corrected chi connectivity index (χ1v) is 4.48. The van der Waals surface area contributed by atoms with Crippen molar-refractivity contribution in [2.45, 2.75) is 13.8 Å². The van der Waals surface area contributed by atoms with Gasteiger partial charge in [-0.15, -0.1) is 0 Å². The molecule has 1 rings (SSSR count). The highest BCUT2D eigenvalue weighted by atomic mass is 16.4. The summed E-state index contributed by atoms with van der Waals surface area (Å²) in [6.07, 6.45) is 3.43. The molecule has 0 bridgehead atoms. The van der Waals surface area contributed by atoms with E-state index in [0.717, 1.165) is 11.3 Å². The second-order valence-electron chi connectivity index (χ2n) is 3.31. The van der Waals surface area contributed by atoms with Crippen molar-refractivity contribution in [1.29, 1.82) is 0 Å². The number of pyridine rings is 1. The van der Waals surface area contributed by atoms with Crippen LogP contribution in [0.1, 0.15) is 12.5 Å². The zero-order chi connectivity index (χ0) is 10.6. The number of aryl methyl sites for hydroxylation is 1. The van der Waals surface area contributed by atoms with Gasteiger partial charge in [-0.25, -0.2) is 0 Å². The van der Waals surface area contributed by atoms with Gasteiger partial charge in [0.1, 0.15) is 0 Å². The largest absolute Gasteiger partial charge is 0.481 e. The fourth-order valence-corrected chi connectivity index (χ4v) is 1.02. The van der Waals surface area contributed by atoms with Crippen molar-refractivity contribution >= 4 is 11.7 Å². The number of carboxylic acids is 1. The first kappa shape index (κ1) is 10.5. The predicted octanol–water partition coefficient (Wildman–Crippen LogP) is 1.52. The molecule has 1 atom stereocenters. The molecule has 1 aromatic heterocycles. The third kappa shape index (κ3) is 2.73. The minimum atomic E-state index is -0.788. The number of rotatable bonds is 4. The molecule has 0 radical (unpaired) electrons. The summed E-state index contributed by atoms with van der Waals surface area (Å²) in [5, 5.41) is 11.8. The normalized spacial score (nSPS) is 12.1. The predicted molar refractivity (Wildman–Crippen MR) is 54.3 cm³/mol. The van der Waals surface area contributed by atoms with Crippen molar-refractivity contribution in [2.75, 3.05) is 11.9 Å². The van der Waals surface area contributed by atoms with E-state index < -0.39 is 5.97 Å². The van der Waals surface area contributed by atoms with Gasteiger partial charge in [-0.2, -0.15) is 0 Å². The number of carbonyl (C=O) groups is 1. The zero-order valence-electron chi connectivity index (χ0n) is 8.32. The van der Waals surface area contributed by atoms with Crippen LogP contribution in [-0.4, -0.2) is 22.6 Å². The molecule has 0 amide bonds. The summed E-state index contributed by atoms with van der Waals surface area (Å²) in [4.78, 5) is 14.5. The Morgan fingerprint density at radius 1 is 1.71 bits per heavy atom. The molecule has 1 aromatic rings. The van der Waals surface area contributed by atoms with Crippen LogP contribution in [0.5, 0.6) is 0 Å². The lowest BCUT2D eigenvalue weighted by molar-refractivity contribution is -0.140. The van der Waals surface area contributed by atoms with Crippen LogP contribution in [0.2, 0.25) is 0 Å². The van der Waals surface area contributed by atoms with Crippen LogP contribution >= 0.6 is 0 Å². The van der Waals surface area contributed by atoms with Crippen LogP contribution in [0.4, 0.5) is 5.69 Å². The third-order valence-electron chi connectivity index (χ3n) is 2.04. The van der Waals surface area contributed by atoms with E-state index in [9.17, 15) is 4.79 Å². The summed E-state index contributed by atoms with van der Waals surface area (Å²) in [5.74, 6) is -1.17. The molecule has 0 spiro atoms. The number of aromatic nitrogens is 1. The van der Waals surface area contributed by atoms with Crippen molar-refractivity contribution in [2.24, 2.45) is 5.92 Å². The number of nitrogens with one attached hydrogen (secondary N) is 1. The Hall–Kier alpha value is -1.58. The molecule has 1 heterocycles. The zero-order valence-corrected chi connectivity index (χ0v) is 8.32. The quantitative estimate of drug-likeness (QED) is 0.762. The molecular formula is C10H14N2O2. The highest BCUT2D eigenvalue weighted by Gasteiger charge is 2.10. The van der Waals surface area contributed by atoms with Crippen molar-refractivity contribution in [1.82, 2.24) is 4.98 Å². The lowest BCUT2D eigenvalue weighted by Crippen LogP contribution is -2.19. The summed E-state index contributed by atoms with van der Waals surface area (Å²) in [6.45, 7) is 4.03. The fraction of sp³-hybridized carbons (Fsp3) is 0.400. The molecule has 1 unspecified atom stereocenters. The van der Waals surface area contributed by atoms with E-state index >= 15 is 0 Å². The first-order chi connectivity index (χ1) is 6.61. The maximum absolute atomic E-state index is 10.6. The molecule has 0 saturated carbocycles. The van der Waals surface area contributed by atoms with E-state index in [4.69, 9.17) is 5.11 Å². The average Bonchev–Trinajstić information content (AvgIpc) is 2.16. The highest BCUT2D eigenvalue weighted by Crippen LogP contribution is 2.11. The molecule has 0 aliphatic carbocycles. The Morgan fingerprint density at radius 2 is 2.43 bits per heavy atom. The van der Waals surface area contributed by atoms with Crippen LogP contribution < -0.4 is 5.32 Å². The van der Waals surface area contributed by atoms with Crippen LogP contribution in [0.15, 0.2) is 18.5 Å². The van der Waals surface area contributed by atoms with Crippen LogP contribution in [0, 0.1) is 12.8 Å². The summed E-state index contributed by atoms with van der Waals surface area (Å²) in [5.41, 5.74) is 1.96. The third-order valence-corrected chi connectivity index (χ3v) is 2.04. The van der Waals surface area contributed by atoms with E-state index in [1.807, 2.05) is 13.0 Å². The van der Waals surface area contributed by atoms with Crippen molar-refractivity contribution in [3.63, 3.8) is 0 Å². The Labute approximate surface area is 83.0 Å². The SMILES string of the molecule is Cc1cnccc1NCC(C)C(=O)O. The van der Waals surface area contributed by atoms with Gasteiger partial charge in [0.25, 0.3) is 0 Å². The number of hydrogen-bond donors (Lipinski definition) is 2. The van der Waals surface area contributed by atoms with Crippen molar-refractivity contribution in [3.8, 4) is 0 Å². The number of anilines is 1. The Kier molecular flexibility index (Phi) is 3.45. The minimum absolute atomic E-state index is 0.387. The Bertz CT molecular complexity index is 326. The minimum Gasteiger partial charge on any atom is -0.481 e. The van der Waals surface area contributed by atoms with E-state index in [1.54, 1.807) is 19.3 Å². The second-order valence-corrected chi connectivity index (χ2v) is 3.31. The summed E-state index contributed by atoms with van der Waals surface area (Å²) in [7, 11) is 0. The van der Waals surface area contributed by atoms with Crippen molar-refractivity contribution < 1.29 is 9.90 Å². The van der Waals surface area contributed by atoms with Gasteiger partial charge in [-0.05, 0) is 18.6 Å². The molecule has 0 aliphatic heterocycles. The van der Waals surface area contributed by atoms with Gasteiger partial charge in [0.2, 0.25) is 0 Å². The number of nitrogens with zero attached hydrogens (tertiary/aromatic N) is 1. The topological polar surface area (TPSA) is 62.2 Å². The first-order valence-electron chi connectivity index (χ1n) is 4.48. The molecule has 14 heavy (non-hydrogen) atoms. The molecule has 76 valence electrons. The number of aliphatic carboxylic acids is 1. The maximum atomic E-state index is 10.6. The van der Waals surface area contributed by atoms with Crippen LogP contribution in [0.3, 0.4) is 0 Å². The number of carboxylic acid groups (broad SMARTS) is 1. The lowest BCUT2D eigenvalue weighted by atomic mass is 10.2. The van der Waals surface area contributed by atoms with Crippen molar-refractivity contribution in [3.05, 3.63) is 24.0 Å². The van der Waals surface area contributed by atoms with E-state index in [-0.39, 0.29) is 5.92 Å². The van der Waals surface area contributed by atoms with E-state index in [2.05, 4.69) is 10.3 Å². The molecule has 4 nitrogen and oxygen atoms in total. The standard InChI is InChI=1S/C10H14N2O2/c1-7-5-11-4-3-9(7)12-6-8(2)10(13)14/h3-5,8H,6H2,1-2H3,(H,11,12)(H,13,14). The Balaban J connectivity index is 2.54. The van der Waals surface area contributed by atoms with Gasteiger partial charge in [0.05, 0.1) is 5.92 Å². The maximum Gasteiger partial charge on any atom is 0.308 e. The highest BCUT2D eigenvalue weighted by molar-refractivity contribution is 5.70. The molecule has 0 aromatic carbocycles. The molecule has 2 N–H and O–H groups in total. The smallest absolute Gasteiger partial charge is 0.308 e. The molecule has 0 saturated heterocycles. The monoisotopic (exact) mass is 194 g/mol. The van der Waals surface area contributed by atoms with Gasteiger partial charge < -0.3 is 10.4 Å². The number of hydrogen-bond acceptors (Lipinski definition) is 3. The van der Waals surface area contributed by atoms with Crippen LogP contribution in [-0.2, 0) is 4.79 Å². The van der Waals surface area contributed by atoms with Gasteiger partial charge in [-0.1, -0.05) is 6.92 Å². The summed E-state index contributed by atoms with van der Waals surface area (Å²) >= 11 is 0. The molecule has 0 fully saturated rings. The Morgan fingerprint density at radius 3 is 3.00 bits per heavy atom. The van der Waals surface area contributed by atoms with Crippen LogP contribution in [0.25, 0.3) is 0 Å². The summed E-state index contributed by atoms with van der Waals surface area (Å²) in [6, 6.07) is 1.84. The second kappa shape index (κ2) is 4.60. The lowest BCUT2D eigenvalue weighted by Gasteiger charge is -2.11. The van der Waals surface area contributed by atoms with Gasteiger partial charge in [-0.3, -0.25) is 9.78 Å². The molecular weight excluding hydrogens is 180 g/mol. The average molecular weight is 194 g/mol. The summed E-state index contributed by atoms with van der Waals surface area (Å²) < 4.78 is 0. The van der Waals surface area contributed by atoms with Gasteiger partial charge >= 0.3 is 5.97 Å². The fourth-order valence-electron chi connectivity index (χ4n) is 1.02. The van der Waals surface area contributed by atoms with E-state index in [1.165, 1.54) is 0 Å².